The van der Waals surface area contributed by atoms with Gasteiger partial charge in [-0.25, -0.2) is 4.79 Å². The normalized spacial score (nSPS) is 14.4. The minimum Gasteiger partial charge on any atom is -0.422 e. The Hall–Kier alpha value is -3.11. The molecule has 11 heteroatoms. The van der Waals surface area contributed by atoms with Gasteiger partial charge in [0.1, 0.15) is 5.58 Å². The molecule has 11 nitrogen and oxygen atoms in total. The Bertz CT molecular complexity index is 1200. The van der Waals surface area contributed by atoms with Crippen LogP contribution in [-0.4, -0.2) is 71.7 Å². The van der Waals surface area contributed by atoms with Crippen molar-refractivity contribution in [1.82, 2.24) is 5.32 Å². The van der Waals surface area contributed by atoms with E-state index in [2.05, 4.69) is 26.3 Å². The molecule has 0 bridgehead atoms. The predicted molar refractivity (Wildman–Crippen MR) is 139 cm³/mol. The SMILES string of the molecule is Cc1c(CC(=O)NCCOCCOCCOCCN=[N+]=[N-])c(=O)oc2c3c4c(cc12)CCCN4CCC3. The summed E-state index contributed by atoms with van der Waals surface area (Å²) in [7, 11) is 0. The Morgan fingerprint density at radius 1 is 1.11 bits per heavy atom. The molecule has 0 unspecified atom stereocenters. The first-order chi connectivity index (χ1) is 18.1. The topological polar surface area (TPSA) is 139 Å². The summed E-state index contributed by atoms with van der Waals surface area (Å²) < 4.78 is 21.9. The van der Waals surface area contributed by atoms with Crippen LogP contribution < -0.4 is 15.8 Å². The van der Waals surface area contributed by atoms with Crippen molar-refractivity contribution in [1.29, 1.82) is 0 Å². The van der Waals surface area contributed by atoms with Crippen LogP contribution in [0.4, 0.5) is 5.69 Å². The third-order valence-corrected chi connectivity index (χ3v) is 6.82. The lowest BCUT2D eigenvalue weighted by Crippen LogP contribution is -2.34. The van der Waals surface area contributed by atoms with Crippen LogP contribution in [0, 0.1) is 6.92 Å². The molecule has 3 heterocycles. The van der Waals surface area contributed by atoms with Crippen LogP contribution in [0.15, 0.2) is 20.4 Å². The number of amides is 1. The molecule has 1 aromatic carbocycles. The highest BCUT2D eigenvalue weighted by Crippen LogP contribution is 2.40. The molecule has 0 saturated carbocycles. The van der Waals surface area contributed by atoms with Crippen molar-refractivity contribution in [2.45, 2.75) is 39.0 Å². The van der Waals surface area contributed by atoms with Gasteiger partial charge in [-0.15, -0.1) is 0 Å². The Kier molecular flexibility index (Phi) is 9.78. The number of anilines is 1. The number of carbonyl (C=O) groups is 1. The smallest absolute Gasteiger partial charge is 0.340 e. The monoisotopic (exact) mass is 513 g/mol. The maximum Gasteiger partial charge on any atom is 0.340 e. The molecular weight excluding hydrogens is 478 g/mol. The summed E-state index contributed by atoms with van der Waals surface area (Å²) in [6, 6.07) is 2.16. The zero-order chi connectivity index (χ0) is 26.0. The van der Waals surface area contributed by atoms with Gasteiger partial charge in [-0.2, -0.15) is 0 Å². The lowest BCUT2D eigenvalue weighted by atomic mass is 9.88. The number of nitrogens with one attached hydrogen (secondary N) is 1. The number of hydrogen-bond donors (Lipinski definition) is 1. The number of fused-ring (bicyclic) bond motifs is 2. The quantitative estimate of drug-likeness (QED) is 0.135. The number of ether oxygens (including phenoxy) is 3. The average Bonchev–Trinajstić information content (AvgIpc) is 2.90. The van der Waals surface area contributed by atoms with E-state index in [9.17, 15) is 9.59 Å². The van der Waals surface area contributed by atoms with Crippen LogP contribution in [0.2, 0.25) is 0 Å². The lowest BCUT2D eigenvalue weighted by Gasteiger charge is -2.37. The number of nitrogens with zero attached hydrogens (tertiary/aromatic N) is 4. The summed E-state index contributed by atoms with van der Waals surface area (Å²) in [4.78, 5) is 30.5. The number of aryl methyl sites for hydroxylation is 3. The molecule has 0 radical (unpaired) electrons. The van der Waals surface area contributed by atoms with Gasteiger partial charge in [0.25, 0.3) is 0 Å². The highest BCUT2D eigenvalue weighted by molar-refractivity contribution is 5.92. The molecule has 1 amide bonds. The number of rotatable bonds is 14. The fourth-order valence-corrected chi connectivity index (χ4v) is 5.08. The van der Waals surface area contributed by atoms with E-state index in [0.717, 1.165) is 55.3 Å². The Labute approximate surface area is 215 Å². The largest absolute Gasteiger partial charge is 0.422 e. The molecule has 0 saturated heterocycles. The van der Waals surface area contributed by atoms with Crippen molar-refractivity contribution in [2.24, 2.45) is 5.11 Å². The fourth-order valence-electron chi connectivity index (χ4n) is 5.08. The summed E-state index contributed by atoms with van der Waals surface area (Å²) in [5.74, 6) is -0.238. The van der Waals surface area contributed by atoms with E-state index >= 15 is 0 Å². The molecule has 4 rings (SSSR count). The van der Waals surface area contributed by atoms with Crippen molar-refractivity contribution in [3.05, 3.63) is 49.2 Å². The standard InChI is InChI=1S/C26H35N5O6/c1-18-21-16-19-4-2-8-31-9-3-5-20(24(19)31)25(21)37-26(33)22(18)17-23(32)28-6-10-34-12-14-36-15-13-35-11-7-29-30-27/h16H,2-15,17H2,1H3,(H,28,32). The summed E-state index contributed by atoms with van der Waals surface area (Å²) in [5.41, 5.74) is 13.4. The number of carbonyl (C=O) groups excluding carboxylic acids is 1. The van der Waals surface area contributed by atoms with Gasteiger partial charge < -0.3 is 28.8 Å². The van der Waals surface area contributed by atoms with Crippen LogP contribution in [0.3, 0.4) is 0 Å². The van der Waals surface area contributed by atoms with Crippen molar-refractivity contribution >= 4 is 22.6 Å². The first-order valence-corrected chi connectivity index (χ1v) is 13.0. The van der Waals surface area contributed by atoms with Crippen molar-refractivity contribution in [3.63, 3.8) is 0 Å². The molecule has 2 aliphatic heterocycles. The molecule has 0 atom stereocenters. The minimum atomic E-state index is -0.431. The summed E-state index contributed by atoms with van der Waals surface area (Å²) >= 11 is 0. The second kappa shape index (κ2) is 13.4. The first-order valence-electron chi connectivity index (χ1n) is 13.0. The van der Waals surface area contributed by atoms with Crippen LogP contribution >= 0.6 is 0 Å². The predicted octanol–water partition coefficient (Wildman–Crippen LogP) is 2.82. The van der Waals surface area contributed by atoms with E-state index in [1.54, 1.807) is 0 Å². The summed E-state index contributed by atoms with van der Waals surface area (Å²) in [5, 5.41) is 7.13. The van der Waals surface area contributed by atoms with Crippen molar-refractivity contribution < 1.29 is 23.4 Å². The molecule has 37 heavy (non-hydrogen) atoms. The van der Waals surface area contributed by atoms with Gasteiger partial charge in [-0.05, 0) is 55.3 Å². The maximum absolute atomic E-state index is 12.9. The molecule has 0 aliphatic carbocycles. The number of azide groups is 1. The highest BCUT2D eigenvalue weighted by atomic mass is 16.5. The second-order valence-electron chi connectivity index (χ2n) is 9.25. The highest BCUT2D eigenvalue weighted by Gasteiger charge is 2.28. The lowest BCUT2D eigenvalue weighted by molar-refractivity contribution is -0.120. The number of hydrogen-bond acceptors (Lipinski definition) is 8. The molecule has 200 valence electrons. The average molecular weight is 514 g/mol. The van der Waals surface area contributed by atoms with Crippen LogP contribution in [0.5, 0.6) is 0 Å². The third-order valence-electron chi connectivity index (χ3n) is 6.82. The molecule has 2 aromatic rings. The van der Waals surface area contributed by atoms with Gasteiger partial charge in [0.2, 0.25) is 5.91 Å². The zero-order valence-electron chi connectivity index (χ0n) is 21.4. The maximum atomic E-state index is 12.9. The van der Waals surface area contributed by atoms with E-state index in [4.69, 9.17) is 24.2 Å². The second-order valence-corrected chi connectivity index (χ2v) is 9.25. The van der Waals surface area contributed by atoms with Gasteiger partial charge in [0.05, 0.1) is 51.6 Å². The van der Waals surface area contributed by atoms with E-state index in [0.29, 0.717) is 63.9 Å². The van der Waals surface area contributed by atoms with Gasteiger partial charge in [0, 0.05) is 47.7 Å². The van der Waals surface area contributed by atoms with Gasteiger partial charge in [0.15, 0.2) is 0 Å². The Morgan fingerprint density at radius 2 is 1.81 bits per heavy atom. The van der Waals surface area contributed by atoms with Crippen molar-refractivity contribution in [3.8, 4) is 0 Å². The van der Waals surface area contributed by atoms with E-state index in [-0.39, 0.29) is 12.3 Å². The molecule has 1 aromatic heterocycles. The van der Waals surface area contributed by atoms with E-state index in [1.165, 1.54) is 11.3 Å². The molecule has 1 N–H and O–H groups in total. The zero-order valence-corrected chi connectivity index (χ0v) is 21.4. The summed E-state index contributed by atoms with van der Waals surface area (Å²) in [6.07, 6.45) is 4.11. The van der Waals surface area contributed by atoms with Crippen LogP contribution in [0.1, 0.15) is 35.1 Å². The Morgan fingerprint density at radius 3 is 2.57 bits per heavy atom. The van der Waals surface area contributed by atoms with Gasteiger partial charge >= 0.3 is 5.63 Å². The molecule has 0 fully saturated rings. The first kappa shape index (κ1) is 26.9. The molecule has 2 aliphatic rings. The minimum absolute atomic E-state index is 0.0224. The van der Waals surface area contributed by atoms with Crippen molar-refractivity contribution in [2.75, 3.05) is 70.7 Å². The molecular formula is C26H35N5O6. The van der Waals surface area contributed by atoms with Crippen LogP contribution in [-0.2, 0) is 38.3 Å². The van der Waals surface area contributed by atoms with Gasteiger partial charge in [-0.3, -0.25) is 4.79 Å². The van der Waals surface area contributed by atoms with E-state index < -0.39 is 5.63 Å². The van der Waals surface area contributed by atoms with Gasteiger partial charge in [-0.1, -0.05) is 5.11 Å². The van der Waals surface area contributed by atoms with Crippen LogP contribution in [0.25, 0.3) is 21.4 Å². The number of benzene rings is 1. The third kappa shape index (κ3) is 6.81. The molecule has 0 spiro atoms. The summed E-state index contributed by atoms with van der Waals surface area (Å²) in [6.45, 7) is 7.03. The Balaban J connectivity index is 1.23. The fraction of sp³-hybridized carbons (Fsp3) is 0.615. The van der Waals surface area contributed by atoms with E-state index in [1.807, 2.05) is 6.92 Å².